The average Bonchev–Trinajstić information content (AvgIpc) is 2.19. The molecular weight excluding hydrogens is 180 g/mol. The van der Waals surface area contributed by atoms with Crippen molar-refractivity contribution in [2.75, 3.05) is 0 Å². The molecule has 0 saturated heterocycles. The second-order valence-electron chi connectivity index (χ2n) is 4.48. The van der Waals surface area contributed by atoms with Crippen LogP contribution < -0.4 is 0 Å². The van der Waals surface area contributed by atoms with Crippen LogP contribution in [0.2, 0.25) is 0 Å². The molecule has 0 bridgehead atoms. The normalized spacial score (nSPS) is 31.5. The molecule has 74 valence electrons. The van der Waals surface area contributed by atoms with E-state index in [0.29, 0.717) is 5.38 Å². The predicted molar refractivity (Wildman–Crippen MR) is 58.2 cm³/mol. The molecule has 1 fully saturated rings. The second kappa shape index (κ2) is 4.50. The first kappa shape index (κ1) is 9.58. The van der Waals surface area contributed by atoms with E-state index >= 15 is 0 Å². The molecule has 0 radical (unpaired) electrons. The molecule has 1 atom stereocenters. The predicted octanol–water partition coefficient (Wildman–Crippen LogP) is 4.28. The first-order valence-corrected chi connectivity index (χ1v) is 6.14. The Labute approximate surface area is 86.4 Å². The molecule has 1 heteroatoms. The number of alkyl halides is 1. The van der Waals surface area contributed by atoms with Crippen molar-refractivity contribution in [3.63, 3.8) is 0 Å². The lowest BCUT2D eigenvalue weighted by Crippen LogP contribution is -2.14. The Balaban J connectivity index is 1.97. The van der Waals surface area contributed by atoms with Gasteiger partial charge >= 0.3 is 0 Å². The summed E-state index contributed by atoms with van der Waals surface area (Å²) >= 11 is 6.15. The van der Waals surface area contributed by atoms with Gasteiger partial charge in [0.25, 0.3) is 0 Å². The lowest BCUT2D eigenvalue weighted by atomic mass is 9.80. The largest absolute Gasteiger partial charge is 0.118 e. The van der Waals surface area contributed by atoms with Crippen LogP contribution in [0.25, 0.3) is 0 Å². The van der Waals surface area contributed by atoms with Crippen molar-refractivity contribution >= 4 is 11.6 Å². The lowest BCUT2D eigenvalue weighted by molar-refractivity contribution is 0.387. The van der Waals surface area contributed by atoms with Crippen molar-refractivity contribution in [1.82, 2.24) is 0 Å². The molecule has 0 N–H and O–H groups in total. The average molecular weight is 199 g/mol. The van der Waals surface area contributed by atoms with Crippen molar-refractivity contribution < 1.29 is 0 Å². The summed E-state index contributed by atoms with van der Waals surface area (Å²) in [7, 11) is 0. The molecule has 2 aliphatic carbocycles. The Kier molecular flexibility index (Phi) is 3.32. The minimum absolute atomic E-state index is 0.339. The van der Waals surface area contributed by atoms with Gasteiger partial charge in [0.1, 0.15) is 0 Å². The van der Waals surface area contributed by atoms with E-state index < -0.39 is 0 Å². The molecule has 0 spiro atoms. The molecule has 2 rings (SSSR count). The van der Waals surface area contributed by atoms with Crippen molar-refractivity contribution in [3.05, 3.63) is 11.6 Å². The van der Waals surface area contributed by atoms with E-state index in [2.05, 4.69) is 6.08 Å². The van der Waals surface area contributed by atoms with Crippen LogP contribution in [0.3, 0.4) is 0 Å². The quantitative estimate of drug-likeness (QED) is 0.436. The smallest absolute Gasteiger partial charge is 0.0518 e. The van der Waals surface area contributed by atoms with Crippen LogP contribution in [0.4, 0.5) is 0 Å². The molecule has 13 heavy (non-hydrogen) atoms. The highest BCUT2D eigenvalue weighted by molar-refractivity contribution is 6.21. The molecule has 0 nitrogen and oxygen atoms in total. The highest BCUT2D eigenvalue weighted by Crippen LogP contribution is 2.35. The molecule has 1 saturated carbocycles. The van der Waals surface area contributed by atoms with Crippen LogP contribution >= 0.6 is 11.6 Å². The summed E-state index contributed by atoms with van der Waals surface area (Å²) in [6.45, 7) is 0. The van der Waals surface area contributed by atoms with Crippen LogP contribution in [0, 0.1) is 5.92 Å². The SMILES string of the molecule is ClC1C=C(C2CCCCC2)CCC1. The van der Waals surface area contributed by atoms with Crippen molar-refractivity contribution in [1.29, 1.82) is 0 Å². The molecule has 0 aromatic carbocycles. The zero-order valence-electron chi connectivity index (χ0n) is 8.27. The number of hydrogen-bond acceptors (Lipinski definition) is 0. The molecule has 0 heterocycles. The first-order chi connectivity index (χ1) is 6.36. The van der Waals surface area contributed by atoms with Gasteiger partial charge in [0, 0.05) is 0 Å². The Morgan fingerprint density at radius 3 is 2.46 bits per heavy atom. The summed E-state index contributed by atoms with van der Waals surface area (Å²) in [5.74, 6) is 0.898. The Morgan fingerprint density at radius 2 is 1.77 bits per heavy atom. The van der Waals surface area contributed by atoms with E-state index in [-0.39, 0.29) is 0 Å². The summed E-state index contributed by atoms with van der Waals surface area (Å²) in [6, 6.07) is 0. The van der Waals surface area contributed by atoms with Gasteiger partial charge in [0.05, 0.1) is 5.38 Å². The molecule has 2 aliphatic rings. The van der Waals surface area contributed by atoms with E-state index in [4.69, 9.17) is 11.6 Å². The standard InChI is InChI=1S/C12H19Cl/c13-12-8-4-7-11(9-12)10-5-2-1-3-6-10/h9-10,12H,1-8H2. The number of allylic oxidation sites excluding steroid dienone is 2. The van der Waals surface area contributed by atoms with Crippen molar-refractivity contribution in [3.8, 4) is 0 Å². The third-order valence-electron chi connectivity index (χ3n) is 3.47. The maximum Gasteiger partial charge on any atom is 0.0518 e. The van der Waals surface area contributed by atoms with Crippen LogP contribution in [0.5, 0.6) is 0 Å². The van der Waals surface area contributed by atoms with E-state index in [0.717, 1.165) is 5.92 Å². The minimum atomic E-state index is 0.339. The number of rotatable bonds is 1. The van der Waals surface area contributed by atoms with Gasteiger partial charge in [-0.3, -0.25) is 0 Å². The van der Waals surface area contributed by atoms with Gasteiger partial charge < -0.3 is 0 Å². The Hall–Kier alpha value is 0.0300. The van der Waals surface area contributed by atoms with E-state index in [1.165, 1.54) is 51.4 Å². The highest BCUT2D eigenvalue weighted by atomic mass is 35.5. The van der Waals surface area contributed by atoms with Crippen molar-refractivity contribution in [2.45, 2.75) is 56.7 Å². The van der Waals surface area contributed by atoms with Crippen LogP contribution in [-0.2, 0) is 0 Å². The molecule has 1 unspecified atom stereocenters. The van der Waals surface area contributed by atoms with Gasteiger partial charge in [-0.25, -0.2) is 0 Å². The monoisotopic (exact) mass is 198 g/mol. The van der Waals surface area contributed by atoms with Gasteiger partial charge in [-0.15, -0.1) is 11.6 Å². The van der Waals surface area contributed by atoms with Crippen LogP contribution in [0.15, 0.2) is 11.6 Å². The molecule has 0 amide bonds. The molecule has 0 aromatic heterocycles. The van der Waals surface area contributed by atoms with Gasteiger partial charge in [-0.2, -0.15) is 0 Å². The van der Waals surface area contributed by atoms with Crippen LogP contribution in [0.1, 0.15) is 51.4 Å². The highest BCUT2D eigenvalue weighted by Gasteiger charge is 2.20. The molecule has 0 aromatic rings. The van der Waals surface area contributed by atoms with Gasteiger partial charge in [0.2, 0.25) is 0 Å². The summed E-state index contributed by atoms with van der Waals surface area (Å²) in [5, 5.41) is 0.339. The maximum atomic E-state index is 6.15. The van der Waals surface area contributed by atoms with Gasteiger partial charge in [-0.05, 0) is 38.0 Å². The van der Waals surface area contributed by atoms with Crippen LogP contribution in [-0.4, -0.2) is 5.38 Å². The Morgan fingerprint density at radius 1 is 1.00 bits per heavy atom. The fourth-order valence-corrected chi connectivity index (χ4v) is 3.03. The topological polar surface area (TPSA) is 0 Å². The maximum absolute atomic E-state index is 6.15. The van der Waals surface area contributed by atoms with E-state index in [1.807, 2.05) is 0 Å². The minimum Gasteiger partial charge on any atom is -0.118 e. The van der Waals surface area contributed by atoms with Gasteiger partial charge in [0.15, 0.2) is 0 Å². The fourth-order valence-electron chi connectivity index (χ4n) is 2.71. The third kappa shape index (κ3) is 2.49. The lowest BCUT2D eigenvalue weighted by Gasteiger charge is -2.27. The molecule has 0 aliphatic heterocycles. The van der Waals surface area contributed by atoms with E-state index in [1.54, 1.807) is 5.57 Å². The second-order valence-corrected chi connectivity index (χ2v) is 5.05. The summed E-state index contributed by atoms with van der Waals surface area (Å²) in [6.07, 6.45) is 13.4. The van der Waals surface area contributed by atoms with Crippen molar-refractivity contribution in [2.24, 2.45) is 5.92 Å². The van der Waals surface area contributed by atoms with E-state index in [9.17, 15) is 0 Å². The van der Waals surface area contributed by atoms with Gasteiger partial charge in [-0.1, -0.05) is 30.9 Å². The summed E-state index contributed by atoms with van der Waals surface area (Å²) in [4.78, 5) is 0. The zero-order chi connectivity index (χ0) is 9.10. The zero-order valence-corrected chi connectivity index (χ0v) is 9.02. The first-order valence-electron chi connectivity index (χ1n) is 5.71. The number of halogens is 1. The summed E-state index contributed by atoms with van der Waals surface area (Å²) < 4.78 is 0. The fraction of sp³-hybridized carbons (Fsp3) is 0.833. The summed E-state index contributed by atoms with van der Waals surface area (Å²) in [5.41, 5.74) is 1.69. The number of hydrogen-bond donors (Lipinski definition) is 0. The molecular formula is C12H19Cl. The Bertz CT molecular complexity index is 189. The third-order valence-corrected chi connectivity index (χ3v) is 3.81.